The Bertz CT molecular complexity index is 150. The van der Waals surface area contributed by atoms with Crippen LogP contribution in [0.15, 0.2) is 0 Å². The average molecular weight is 196 g/mol. The molecule has 1 fully saturated rings. The molecule has 0 bridgehead atoms. The molecule has 0 heteroatoms. The Hall–Kier alpha value is 0. The Balaban J connectivity index is 1.95. The largest absolute Gasteiger partial charge is 0.0651 e. The molecule has 0 N–H and O–H groups in total. The van der Waals surface area contributed by atoms with E-state index in [2.05, 4.69) is 27.7 Å². The van der Waals surface area contributed by atoms with Gasteiger partial charge in [-0.3, -0.25) is 0 Å². The summed E-state index contributed by atoms with van der Waals surface area (Å²) in [5, 5.41) is 0. The molecule has 1 rings (SSSR count). The van der Waals surface area contributed by atoms with Gasteiger partial charge in [0.2, 0.25) is 0 Å². The molecular formula is C14H28. The van der Waals surface area contributed by atoms with Crippen molar-refractivity contribution in [2.45, 2.75) is 66.2 Å². The second kappa shape index (κ2) is 5.78. The van der Waals surface area contributed by atoms with Crippen LogP contribution in [0.4, 0.5) is 0 Å². The smallest absolute Gasteiger partial charge is 0.0383 e. The molecule has 0 aromatic rings. The van der Waals surface area contributed by atoms with Crippen LogP contribution in [0.5, 0.6) is 0 Å². The molecule has 0 spiro atoms. The van der Waals surface area contributed by atoms with Gasteiger partial charge in [-0.1, -0.05) is 59.8 Å². The van der Waals surface area contributed by atoms with Gasteiger partial charge in [0, 0.05) is 0 Å². The fourth-order valence-electron chi connectivity index (χ4n) is 2.66. The van der Waals surface area contributed by atoms with Crippen LogP contribution < -0.4 is 0 Å². The molecule has 0 saturated heterocycles. The fraction of sp³-hybridized carbons (Fsp3) is 1.00. The van der Waals surface area contributed by atoms with Crippen molar-refractivity contribution in [3.8, 4) is 0 Å². The van der Waals surface area contributed by atoms with E-state index in [1.807, 2.05) is 0 Å². The van der Waals surface area contributed by atoms with E-state index >= 15 is 0 Å². The van der Waals surface area contributed by atoms with E-state index in [1.54, 1.807) is 0 Å². The second-order valence-electron chi connectivity index (χ2n) is 5.63. The SMILES string of the molecule is CCC(C)CCCCC1CC(C)C1C. The summed E-state index contributed by atoms with van der Waals surface area (Å²) in [7, 11) is 0. The topological polar surface area (TPSA) is 0 Å². The van der Waals surface area contributed by atoms with Crippen molar-refractivity contribution in [2.24, 2.45) is 23.7 Å². The molecule has 0 heterocycles. The average Bonchev–Trinajstić information content (AvgIpc) is 2.21. The Kier molecular flexibility index (Phi) is 4.98. The molecule has 1 aliphatic carbocycles. The third kappa shape index (κ3) is 3.29. The van der Waals surface area contributed by atoms with Gasteiger partial charge < -0.3 is 0 Å². The third-order valence-electron chi connectivity index (χ3n) is 4.53. The summed E-state index contributed by atoms with van der Waals surface area (Å²) in [5.41, 5.74) is 0. The lowest BCUT2D eigenvalue weighted by Gasteiger charge is -2.41. The van der Waals surface area contributed by atoms with Crippen molar-refractivity contribution in [2.75, 3.05) is 0 Å². The minimum absolute atomic E-state index is 0.952. The summed E-state index contributed by atoms with van der Waals surface area (Å²) in [5.74, 6) is 4.04. The minimum atomic E-state index is 0.952. The van der Waals surface area contributed by atoms with Crippen molar-refractivity contribution in [3.05, 3.63) is 0 Å². The van der Waals surface area contributed by atoms with Gasteiger partial charge in [-0.15, -0.1) is 0 Å². The van der Waals surface area contributed by atoms with Gasteiger partial charge >= 0.3 is 0 Å². The van der Waals surface area contributed by atoms with Crippen LogP contribution >= 0.6 is 0 Å². The van der Waals surface area contributed by atoms with E-state index in [9.17, 15) is 0 Å². The summed E-state index contributed by atoms with van der Waals surface area (Å²) in [4.78, 5) is 0. The van der Waals surface area contributed by atoms with E-state index in [-0.39, 0.29) is 0 Å². The Labute approximate surface area is 90.5 Å². The molecular weight excluding hydrogens is 168 g/mol. The van der Waals surface area contributed by atoms with E-state index in [1.165, 1.54) is 38.5 Å². The van der Waals surface area contributed by atoms with Crippen LogP contribution in [0.25, 0.3) is 0 Å². The van der Waals surface area contributed by atoms with E-state index < -0.39 is 0 Å². The van der Waals surface area contributed by atoms with Gasteiger partial charge in [0.25, 0.3) is 0 Å². The zero-order valence-corrected chi connectivity index (χ0v) is 10.6. The van der Waals surface area contributed by atoms with Gasteiger partial charge in [-0.2, -0.15) is 0 Å². The van der Waals surface area contributed by atoms with Crippen LogP contribution in [-0.2, 0) is 0 Å². The Morgan fingerprint density at radius 1 is 1.21 bits per heavy atom. The quantitative estimate of drug-likeness (QED) is 0.531. The van der Waals surface area contributed by atoms with E-state index in [0.29, 0.717) is 0 Å². The predicted molar refractivity (Wildman–Crippen MR) is 64.4 cm³/mol. The highest BCUT2D eigenvalue weighted by Gasteiger charge is 2.33. The van der Waals surface area contributed by atoms with Gasteiger partial charge in [-0.25, -0.2) is 0 Å². The first kappa shape index (κ1) is 12.1. The molecule has 84 valence electrons. The number of hydrogen-bond donors (Lipinski definition) is 0. The molecule has 0 aromatic heterocycles. The molecule has 0 nitrogen and oxygen atoms in total. The monoisotopic (exact) mass is 196 g/mol. The first-order valence-corrected chi connectivity index (χ1v) is 6.65. The van der Waals surface area contributed by atoms with Gasteiger partial charge in [0.1, 0.15) is 0 Å². The van der Waals surface area contributed by atoms with Crippen molar-refractivity contribution < 1.29 is 0 Å². The summed E-state index contributed by atoms with van der Waals surface area (Å²) in [6.45, 7) is 9.53. The summed E-state index contributed by atoms with van der Waals surface area (Å²) >= 11 is 0. The van der Waals surface area contributed by atoms with Gasteiger partial charge in [-0.05, 0) is 30.1 Å². The maximum absolute atomic E-state index is 2.44. The summed E-state index contributed by atoms with van der Waals surface area (Å²) < 4.78 is 0. The molecule has 1 aliphatic rings. The van der Waals surface area contributed by atoms with E-state index in [4.69, 9.17) is 0 Å². The molecule has 14 heavy (non-hydrogen) atoms. The Morgan fingerprint density at radius 3 is 2.43 bits per heavy atom. The summed E-state index contributed by atoms with van der Waals surface area (Å²) in [6, 6.07) is 0. The van der Waals surface area contributed by atoms with Crippen molar-refractivity contribution in [1.82, 2.24) is 0 Å². The van der Waals surface area contributed by atoms with Crippen LogP contribution in [0.2, 0.25) is 0 Å². The molecule has 0 aliphatic heterocycles. The molecule has 0 radical (unpaired) electrons. The lowest BCUT2D eigenvalue weighted by Crippen LogP contribution is -2.32. The maximum atomic E-state index is 2.44. The highest BCUT2D eigenvalue weighted by atomic mass is 14.4. The third-order valence-corrected chi connectivity index (χ3v) is 4.53. The van der Waals surface area contributed by atoms with Gasteiger partial charge in [0.15, 0.2) is 0 Å². The summed E-state index contributed by atoms with van der Waals surface area (Å²) in [6.07, 6.45) is 8.76. The first-order chi connectivity index (χ1) is 6.65. The van der Waals surface area contributed by atoms with E-state index in [0.717, 1.165) is 23.7 Å². The van der Waals surface area contributed by atoms with Gasteiger partial charge in [0.05, 0.1) is 0 Å². The number of hydrogen-bond acceptors (Lipinski definition) is 0. The predicted octanol–water partition coefficient (Wildman–Crippen LogP) is 4.89. The standard InChI is InChI=1S/C14H28/c1-5-11(2)8-6-7-9-14-10-12(3)13(14)4/h11-14H,5-10H2,1-4H3. The van der Waals surface area contributed by atoms with Crippen LogP contribution in [-0.4, -0.2) is 0 Å². The van der Waals surface area contributed by atoms with Crippen LogP contribution in [0.1, 0.15) is 66.2 Å². The van der Waals surface area contributed by atoms with Crippen molar-refractivity contribution in [1.29, 1.82) is 0 Å². The lowest BCUT2D eigenvalue weighted by atomic mass is 9.65. The first-order valence-electron chi connectivity index (χ1n) is 6.65. The maximum Gasteiger partial charge on any atom is -0.0383 e. The second-order valence-corrected chi connectivity index (χ2v) is 5.63. The zero-order chi connectivity index (χ0) is 10.6. The Morgan fingerprint density at radius 2 is 1.93 bits per heavy atom. The molecule has 0 aromatic carbocycles. The number of rotatable bonds is 6. The minimum Gasteiger partial charge on any atom is -0.0651 e. The van der Waals surface area contributed by atoms with Crippen molar-refractivity contribution >= 4 is 0 Å². The highest BCUT2D eigenvalue weighted by Crippen LogP contribution is 2.42. The highest BCUT2D eigenvalue weighted by molar-refractivity contribution is 4.83. The fourth-order valence-corrected chi connectivity index (χ4v) is 2.66. The molecule has 0 amide bonds. The number of unbranched alkanes of at least 4 members (excludes halogenated alkanes) is 1. The molecule has 4 unspecified atom stereocenters. The van der Waals surface area contributed by atoms with Crippen LogP contribution in [0, 0.1) is 23.7 Å². The molecule has 4 atom stereocenters. The van der Waals surface area contributed by atoms with Crippen LogP contribution in [0.3, 0.4) is 0 Å². The zero-order valence-electron chi connectivity index (χ0n) is 10.6. The lowest BCUT2D eigenvalue weighted by molar-refractivity contribution is 0.0921. The molecule has 1 saturated carbocycles. The van der Waals surface area contributed by atoms with Crippen molar-refractivity contribution in [3.63, 3.8) is 0 Å². The normalized spacial score (nSPS) is 33.9.